The normalized spacial score (nSPS) is 10.3. The van der Waals surface area contributed by atoms with Crippen molar-refractivity contribution in [2.24, 2.45) is 0 Å². The molecule has 0 unspecified atom stereocenters. The lowest BCUT2D eigenvalue weighted by Gasteiger charge is -2.12. The lowest BCUT2D eigenvalue weighted by atomic mass is 9.99. The Morgan fingerprint density at radius 3 is 1.00 bits per heavy atom. The fraction of sp³-hybridized carbons (Fsp3) is 0.235. The molecule has 8 heteroatoms. The van der Waals surface area contributed by atoms with Crippen LogP contribution in [0.4, 0.5) is 0 Å². The number of hydrogen-bond donors (Lipinski definition) is 0. The largest absolute Gasteiger partial charge is 0.497 e. The molecule has 0 N–H and O–H groups in total. The molecule has 0 atom stereocenters. The topological polar surface area (TPSA) is 71.1 Å². The van der Waals surface area contributed by atoms with Gasteiger partial charge in [0.25, 0.3) is 0 Å². The van der Waals surface area contributed by atoms with E-state index in [1.165, 1.54) is 0 Å². The number of ketones is 2. The molecule has 0 aliphatic heterocycles. The van der Waals surface area contributed by atoms with Crippen LogP contribution in [0.2, 0.25) is 0 Å². The number of rotatable bonds is 10. The summed E-state index contributed by atoms with van der Waals surface area (Å²) in [4.78, 5) is 23.8. The minimum absolute atomic E-state index is 0.0843. The molecule has 0 fully saturated rings. The van der Waals surface area contributed by atoms with Crippen molar-refractivity contribution in [1.29, 1.82) is 0 Å². The molecule has 4 aromatic rings. The number of ether oxygens (including phenoxy) is 4. The quantitative estimate of drug-likeness (QED) is 0.122. The van der Waals surface area contributed by atoms with E-state index in [2.05, 4.69) is 31.9 Å². The fourth-order valence-electron chi connectivity index (χ4n) is 4.54. The van der Waals surface area contributed by atoms with Gasteiger partial charge in [-0.25, -0.2) is 0 Å². The van der Waals surface area contributed by atoms with Crippen molar-refractivity contribution in [2.75, 3.05) is 24.9 Å². The first-order valence-corrected chi connectivity index (χ1v) is 15.4. The third kappa shape index (κ3) is 8.69. The zero-order chi connectivity index (χ0) is 30.8. The van der Waals surface area contributed by atoms with E-state index >= 15 is 0 Å². The van der Waals surface area contributed by atoms with E-state index in [1.807, 2.05) is 100 Å². The second-order valence-corrected chi connectivity index (χ2v) is 10.7. The summed E-state index contributed by atoms with van der Waals surface area (Å²) in [6, 6.07) is 22.3. The highest BCUT2D eigenvalue weighted by Gasteiger charge is 2.14. The number of methoxy groups -OCH3 is 2. The molecule has 0 aromatic heterocycles. The standard InChI is InChI=1S/2C17H17BrO3/c2*1-11-8-15(9-12(2)17(11)16(19)10-18)21-14-6-4-13(20-3)5-7-14/h2*4-9H,10H2,1-3H3. The first-order valence-electron chi connectivity index (χ1n) is 13.1. The molecule has 4 rings (SSSR count). The number of benzene rings is 4. The zero-order valence-electron chi connectivity index (χ0n) is 24.5. The summed E-state index contributed by atoms with van der Waals surface area (Å²) in [7, 11) is 3.25. The molecule has 220 valence electrons. The monoisotopic (exact) mass is 696 g/mol. The summed E-state index contributed by atoms with van der Waals surface area (Å²) in [6.07, 6.45) is 0. The van der Waals surface area contributed by atoms with Crippen LogP contribution in [0, 0.1) is 27.7 Å². The molecular formula is C34H34Br2O6. The van der Waals surface area contributed by atoms with Gasteiger partial charge in [-0.15, -0.1) is 0 Å². The van der Waals surface area contributed by atoms with E-state index in [1.54, 1.807) is 14.2 Å². The summed E-state index contributed by atoms with van der Waals surface area (Å²) < 4.78 is 21.9. The van der Waals surface area contributed by atoms with Crippen LogP contribution in [-0.4, -0.2) is 36.4 Å². The van der Waals surface area contributed by atoms with Crippen LogP contribution in [0.1, 0.15) is 43.0 Å². The van der Waals surface area contributed by atoms with Crippen molar-refractivity contribution in [2.45, 2.75) is 27.7 Å². The second kappa shape index (κ2) is 15.6. The lowest BCUT2D eigenvalue weighted by Crippen LogP contribution is -2.05. The van der Waals surface area contributed by atoms with Gasteiger partial charge in [0.2, 0.25) is 0 Å². The van der Waals surface area contributed by atoms with E-state index in [9.17, 15) is 9.59 Å². The van der Waals surface area contributed by atoms with Crippen LogP contribution in [0.15, 0.2) is 72.8 Å². The van der Waals surface area contributed by atoms with Crippen LogP contribution in [-0.2, 0) is 0 Å². The Morgan fingerprint density at radius 2 is 0.762 bits per heavy atom. The molecule has 0 aliphatic carbocycles. The Bertz CT molecular complexity index is 1370. The second-order valence-electron chi connectivity index (χ2n) is 9.53. The number of aryl methyl sites for hydroxylation is 4. The Hall–Kier alpha value is -3.62. The maximum Gasteiger partial charge on any atom is 0.173 e. The van der Waals surface area contributed by atoms with Gasteiger partial charge in [-0.3, -0.25) is 9.59 Å². The fourth-order valence-corrected chi connectivity index (χ4v) is 5.10. The van der Waals surface area contributed by atoms with E-state index < -0.39 is 0 Å². The minimum atomic E-state index is 0.0843. The Morgan fingerprint density at radius 1 is 0.500 bits per heavy atom. The van der Waals surface area contributed by atoms with Crippen molar-refractivity contribution in [3.8, 4) is 34.5 Å². The van der Waals surface area contributed by atoms with Crippen molar-refractivity contribution in [3.63, 3.8) is 0 Å². The van der Waals surface area contributed by atoms with Gasteiger partial charge in [-0.2, -0.15) is 0 Å². The van der Waals surface area contributed by atoms with E-state index in [0.29, 0.717) is 10.7 Å². The van der Waals surface area contributed by atoms with Gasteiger partial charge in [0.1, 0.15) is 34.5 Å². The lowest BCUT2D eigenvalue weighted by molar-refractivity contribution is 0.101. The van der Waals surface area contributed by atoms with Gasteiger partial charge in [-0.05, 0) is 123 Å². The molecule has 4 aromatic carbocycles. The van der Waals surface area contributed by atoms with Crippen molar-refractivity contribution in [1.82, 2.24) is 0 Å². The Labute approximate surface area is 264 Å². The summed E-state index contributed by atoms with van der Waals surface area (Å²) in [5.41, 5.74) is 5.19. The average molecular weight is 698 g/mol. The van der Waals surface area contributed by atoms with Gasteiger partial charge in [0, 0.05) is 11.1 Å². The zero-order valence-corrected chi connectivity index (χ0v) is 27.7. The predicted molar refractivity (Wildman–Crippen MR) is 174 cm³/mol. The van der Waals surface area contributed by atoms with E-state index in [0.717, 1.165) is 67.9 Å². The van der Waals surface area contributed by atoms with Crippen molar-refractivity contribution >= 4 is 43.4 Å². The highest BCUT2D eigenvalue weighted by molar-refractivity contribution is 9.09. The average Bonchev–Trinajstić information content (AvgIpc) is 2.97. The van der Waals surface area contributed by atoms with Gasteiger partial charge in [-0.1, -0.05) is 31.9 Å². The number of alkyl halides is 2. The highest BCUT2D eigenvalue weighted by Crippen LogP contribution is 2.29. The van der Waals surface area contributed by atoms with Gasteiger partial charge in [0.05, 0.1) is 24.9 Å². The van der Waals surface area contributed by atoms with Gasteiger partial charge >= 0.3 is 0 Å². The highest BCUT2D eigenvalue weighted by atomic mass is 79.9. The van der Waals surface area contributed by atoms with Crippen LogP contribution in [0.25, 0.3) is 0 Å². The summed E-state index contributed by atoms with van der Waals surface area (Å²) in [5.74, 6) is 4.65. The smallest absolute Gasteiger partial charge is 0.173 e. The SMILES string of the molecule is COc1ccc(Oc2cc(C)c(C(=O)CBr)c(C)c2)cc1.COc1ccc(Oc2cc(C)c(C(=O)CBr)c(C)c2)cc1. The predicted octanol–water partition coefficient (Wildman–Crippen LogP) is 9.36. The molecule has 0 radical (unpaired) electrons. The molecule has 0 amide bonds. The molecule has 0 aliphatic rings. The molecule has 0 heterocycles. The van der Waals surface area contributed by atoms with Crippen LogP contribution in [0.5, 0.6) is 34.5 Å². The minimum Gasteiger partial charge on any atom is -0.497 e. The number of halogens is 2. The summed E-state index contributed by atoms with van der Waals surface area (Å²) in [6.45, 7) is 7.68. The number of Topliss-reactive ketones (excluding diaryl/α,β-unsaturated/α-hetero) is 2. The van der Waals surface area contributed by atoms with Gasteiger partial charge < -0.3 is 18.9 Å². The van der Waals surface area contributed by atoms with Crippen LogP contribution >= 0.6 is 31.9 Å². The molecule has 0 spiro atoms. The van der Waals surface area contributed by atoms with Crippen molar-refractivity contribution in [3.05, 3.63) is 106 Å². The molecular weight excluding hydrogens is 664 g/mol. The molecule has 0 saturated carbocycles. The maximum absolute atomic E-state index is 11.9. The number of carbonyl (C=O) groups excluding carboxylic acids is 2. The first-order chi connectivity index (χ1) is 20.1. The van der Waals surface area contributed by atoms with E-state index in [-0.39, 0.29) is 11.6 Å². The first kappa shape index (κ1) is 32.9. The molecule has 6 nitrogen and oxygen atoms in total. The van der Waals surface area contributed by atoms with Crippen molar-refractivity contribution < 1.29 is 28.5 Å². The van der Waals surface area contributed by atoms with Crippen LogP contribution < -0.4 is 18.9 Å². The maximum atomic E-state index is 11.9. The molecule has 0 saturated heterocycles. The Kier molecular flexibility index (Phi) is 12.2. The molecule has 0 bridgehead atoms. The number of carbonyl (C=O) groups is 2. The summed E-state index contributed by atoms with van der Waals surface area (Å²) in [5, 5.41) is 0.653. The van der Waals surface area contributed by atoms with Crippen LogP contribution in [0.3, 0.4) is 0 Å². The number of hydrogen-bond acceptors (Lipinski definition) is 6. The third-order valence-corrected chi connectivity index (χ3v) is 7.42. The third-order valence-electron chi connectivity index (χ3n) is 6.40. The molecule has 42 heavy (non-hydrogen) atoms. The summed E-state index contributed by atoms with van der Waals surface area (Å²) >= 11 is 6.43. The van der Waals surface area contributed by atoms with E-state index in [4.69, 9.17) is 18.9 Å². The van der Waals surface area contributed by atoms with Gasteiger partial charge in [0.15, 0.2) is 11.6 Å². The Balaban J connectivity index is 0.000000230.